The van der Waals surface area contributed by atoms with E-state index in [-0.39, 0.29) is 0 Å². The van der Waals surface area contributed by atoms with Gasteiger partial charge in [0.1, 0.15) is 10.7 Å². The average Bonchev–Trinajstić information content (AvgIpc) is 2.98. The van der Waals surface area contributed by atoms with Gasteiger partial charge in [-0.25, -0.2) is 9.78 Å². The van der Waals surface area contributed by atoms with Crippen LogP contribution in [0.25, 0.3) is 0 Å². The van der Waals surface area contributed by atoms with Gasteiger partial charge in [0, 0.05) is 32.4 Å². The summed E-state index contributed by atoms with van der Waals surface area (Å²) in [7, 11) is 0. The monoisotopic (exact) mass is 289 g/mol. The highest BCUT2D eigenvalue weighted by atomic mass is 32.1. The molecule has 0 atom stereocenters. The number of rotatable bonds is 3. The predicted octanol–water partition coefficient (Wildman–Crippen LogP) is 2.17. The van der Waals surface area contributed by atoms with Gasteiger partial charge in [0.05, 0.1) is 5.00 Å². The summed E-state index contributed by atoms with van der Waals surface area (Å²) in [5.74, 6) is 0.151. The Morgan fingerprint density at radius 1 is 1.10 bits per heavy atom. The maximum Gasteiger partial charge on any atom is 0.345 e. The van der Waals surface area contributed by atoms with Crippen LogP contribution >= 0.6 is 11.3 Å². The van der Waals surface area contributed by atoms with Crippen LogP contribution in [0.4, 0.5) is 10.8 Å². The van der Waals surface area contributed by atoms with Gasteiger partial charge in [0.2, 0.25) is 0 Å². The summed E-state index contributed by atoms with van der Waals surface area (Å²) in [5, 5.41) is 9.99. The van der Waals surface area contributed by atoms with Crippen molar-refractivity contribution in [1.29, 1.82) is 0 Å². The molecule has 20 heavy (non-hydrogen) atoms. The molecule has 0 radical (unpaired) electrons. The SMILES string of the molecule is O=C(O)c1ccc(N2CCN(c3ccccn3)CC2)s1. The highest BCUT2D eigenvalue weighted by Crippen LogP contribution is 2.27. The van der Waals surface area contributed by atoms with Crippen molar-refractivity contribution < 1.29 is 9.90 Å². The lowest BCUT2D eigenvalue weighted by molar-refractivity contribution is 0.0702. The van der Waals surface area contributed by atoms with Gasteiger partial charge >= 0.3 is 5.97 Å². The fraction of sp³-hybridized carbons (Fsp3) is 0.286. The van der Waals surface area contributed by atoms with Crippen molar-refractivity contribution in [3.63, 3.8) is 0 Å². The van der Waals surface area contributed by atoms with Gasteiger partial charge in [0.25, 0.3) is 0 Å². The number of hydrogen-bond donors (Lipinski definition) is 1. The van der Waals surface area contributed by atoms with Gasteiger partial charge in [-0.3, -0.25) is 0 Å². The standard InChI is InChI=1S/C14H15N3O2S/c18-14(19)11-4-5-13(20-11)17-9-7-16(8-10-17)12-3-1-2-6-15-12/h1-6H,7-10H2,(H,18,19). The van der Waals surface area contributed by atoms with Crippen LogP contribution in [0.15, 0.2) is 36.5 Å². The molecule has 6 heteroatoms. The summed E-state index contributed by atoms with van der Waals surface area (Å²) in [6.45, 7) is 3.57. The number of aromatic nitrogens is 1. The summed E-state index contributed by atoms with van der Waals surface area (Å²) >= 11 is 1.34. The van der Waals surface area contributed by atoms with Crippen LogP contribution in [0.2, 0.25) is 0 Å². The van der Waals surface area contributed by atoms with E-state index in [9.17, 15) is 4.79 Å². The molecule has 0 unspecified atom stereocenters. The molecule has 3 rings (SSSR count). The molecule has 0 bridgehead atoms. The van der Waals surface area contributed by atoms with E-state index in [0.717, 1.165) is 37.0 Å². The highest BCUT2D eigenvalue weighted by molar-refractivity contribution is 7.17. The first kappa shape index (κ1) is 12.9. The van der Waals surface area contributed by atoms with Crippen LogP contribution in [0.3, 0.4) is 0 Å². The molecule has 1 N–H and O–H groups in total. The van der Waals surface area contributed by atoms with Crippen molar-refractivity contribution in [2.45, 2.75) is 0 Å². The average molecular weight is 289 g/mol. The second-order valence-corrected chi connectivity index (χ2v) is 5.67. The first-order valence-corrected chi connectivity index (χ1v) is 7.30. The number of anilines is 2. The van der Waals surface area contributed by atoms with Crippen molar-refractivity contribution >= 4 is 28.1 Å². The molecule has 1 aliphatic heterocycles. The lowest BCUT2D eigenvalue weighted by Crippen LogP contribution is -2.46. The Labute approximate surface area is 121 Å². The molecular weight excluding hydrogens is 274 g/mol. The van der Waals surface area contributed by atoms with E-state index in [1.165, 1.54) is 11.3 Å². The molecule has 0 saturated carbocycles. The minimum atomic E-state index is -0.853. The predicted molar refractivity (Wildman–Crippen MR) is 79.9 cm³/mol. The molecule has 3 heterocycles. The Morgan fingerprint density at radius 3 is 2.45 bits per heavy atom. The Kier molecular flexibility index (Phi) is 3.56. The lowest BCUT2D eigenvalue weighted by atomic mass is 10.3. The van der Waals surface area contributed by atoms with Crippen LogP contribution in [0, 0.1) is 0 Å². The third-order valence-corrected chi connectivity index (χ3v) is 4.50. The van der Waals surface area contributed by atoms with E-state index in [4.69, 9.17) is 5.11 Å². The number of thiophene rings is 1. The molecule has 0 spiro atoms. The Balaban J connectivity index is 1.65. The summed E-state index contributed by atoms with van der Waals surface area (Å²) < 4.78 is 0. The molecular formula is C14H15N3O2S. The molecule has 2 aromatic heterocycles. The van der Waals surface area contributed by atoms with Gasteiger partial charge < -0.3 is 14.9 Å². The summed E-state index contributed by atoms with van der Waals surface area (Å²) in [5.41, 5.74) is 0. The maximum atomic E-state index is 10.9. The minimum absolute atomic E-state index is 0.396. The molecule has 2 aromatic rings. The van der Waals surface area contributed by atoms with Gasteiger partial charge in [0.15, 0.2) is 0 Å². The summed E-state index contributed by atoms with van der Waals surface area (Å²) in [6, 6.07) is 9.49. The summed E-state index contributed by atoms with van der Waals surface area (Å²) in [4.78, 5) is 20.1. The number of pyridine rings is 1. The van der Waals surface area contributed by atoms with Gasteiger partial charge in [-0.1, -0.05) is 6.07 Å². The van der Waals surface area contributed by atoms with Crippen LogP contribution < -0.4 is 9.80 Å². The van der Waals surface area contributed by atoms with Crippen LogP contribution in [0.5, 0.6) is 0 Å². The Morgan fingerprint density at radius 2 is 1.85 bits per heavy atom. The smallest absolute Gasteiger partial charge is 0.345 e. The number of nitrogens with zero attached hydrogens (tertiary/aromatic N) is 3. The number of carbonyl (C=O) groups is 1. The van der Waals surface area contributed by atoms with E-state index in [0.29, 0.717) is 4.88 Å². The fourth-order valence-electron chi connectivity index (χ4n) is 2.31. The van der Waals surface area contributed by atoms with E-state index < -0.39 is 5.97 Å². The zero-order valence-electron chi connectivity index (χ0n) is 10.9. The van der Waals surface area contributed by atoms with Gasteiger partial charge in [-0.2, -0.15) is 0 Å². The third-order valence-electron chi connectivity index (χ3n) is 3.37. The minimum Gasteiger partial charge on any atom is -0.477 e. The second kappa shape index (κ2) is 5.50. The number of carboxylic acids is 1. The molecule has 0 aliphatic carbocycles. The lowest BCUT2D eigenvalue weighted by Gasteiger charge is -2.35. The zero-order chi connectivity index (χ0) is 13.9. The van der Waals surface area contributed by atoms with Crippen molar-refractivity contribution in [2.75, 3.05) is 36.0 Å². The second-order valence-electron chi connectivity index (χ2n) is 4.61. The Hall–Kier alpha value is -2.08. The number of piperazine rings is 1. The number of hydrogen-bond acceptors (Lipinski definition) is 5. The molecule has 1 aliphatic rings. The van der Waals surface area contributed by atoms with E-state index >= 15 is 0 Å². The van der Waals surface area contributed by atoms with Crippen molar-refractivity contribution in [1.82, 2.24) is 4.98 Å². The topological polar surface area (TPSA) is 56.7 Å². The van der Waals surface area contributed by atoms with E-state index in [2.05, 4.69) is 14.8 Å². The maximum absolute atomic E-state index is 10.9. The zero-order valence-corrected chi connectivity index (χ0v) is 11.7. The largest absolute Gasteiger partial charge is 0.477 e. The van der Waals surface area contributed by atoms with E-state index in [1.54, 1.807) is 12.3 Å². The third kappa shape index (κ3) is 2.60. The van der Waals surface area contributed by atoms with Gasteiger partial charge in [-0.05, 0) is 24.3 Å². The molecule has 5 nitrogen and oxygen atoms in total. The molecule has 1 fully saturated rings. The summed E-state index contributed by atoms with van der Waals surface area (Å²) in [6.07, 6.45) is 1.81. The van der Waals surface area contributed by atoms with Crippen molar-refractivity contribution in [2.24, 2.45) is 0 Å². The Bertz CT molecular complexity index is 591. The first-order valence-electron chi connectivity index (χ1n) is 6.48. The van der Waals surface area contributed by atoms with Crippen LogP contribution in [0.1, 0.15) is 9.67 Å². The molecule has 1 saturated heterocycles. The normalized spacial score (nSPS) is 15.4. The quantitative estimate of drug-likeness (QED) is 0.938. The van der Waals surface area contributed by atoms with Crippen LogP contribution in [-0.2, 0) is 0 Å². The van der Waals surface area contributed by atoms with Crippen molar-refractivity contribution in [3.05, 3.63) is 41.4 Å². The number of carboxylic acid groups (broad SMARTS) is 1. The van der Waals surface area contributed by atoms with Gasteiger partial charge in [-0.15, -0.1) is 11.3 Å². The van der Waals surface area contributed by atoms with E-state index in [1.807, 2.05) is 24.3 Å². The number of aromatic carboxylic acids is 1. The highest BCUT2D eigenvalue weighted by Gasteiger charge is 2.20. The molecule has 104 valence electrons. The van der Waals surface area contributed by atoms with Crippen molar-refractivity contribution in [3.8, 4) is 0 Å². The fourth-order valence-corrected chi connectivity index (χ4v) is 3.21. The first-order chi connectivity index (χ1) is 9.74. The molecule has 0 aromatic carbocycles. The van der Waals surface area contributed by atoms with Crippen LogP contribution in [-0.4, -0.2) is 42.2 Å². The molecule has 0 amide bonds.